The Morgan fingerprint density at radius 3 is 2.50 bits per heavy atom. The number of carbonyl (C=O) groups excluding carboxylic acids is 1. The lowest BCUT2D eigenvalue weighted by molar-refractivity contribution is 0.0707. The van der Waals surface area contributed by atoms with Crippen LogP contribution in [-0.4, -0.2) is 36.5 Å². The molecule has 0 aromatic heterocycles. The summed E-state index contributed by atoms with van der Waals surface area (Å²) in [7, 11) is 0. The molecule has 1 aromatic rings. The Balaban J connectivity index is 0.00000162. The maximum absolute atomic E-state index is 12.5. The van der Waals surface area contributed by atoms with Crippen LogP contribution in [-0.2, 0) is 0 Å². The number of amides is 1. The predicted molar refractivity (Wildman–Crippen MR) is 76.5 cm³/mol. The number of nitrogens with zero attached hydrogens (tertiary/aromatic N) is 1. The lowest BCUT2D eigenvalue weighted by Gasteiger charge is -2.32. The van der Waals surface area contributed by atoms with Crippen molar-refractivity contribution in [3.63, 3.8) is 0 Å². The molecule has 1 heterocycles. The van der Waals surface area contributed by atoms with Gasteiger partial charge in [-0.3, -0.25) is 4.79 Å². The molecular weight excluding hydrogens is 248 g/mol. The van der Waals surface area contributed by atoms with Crippen LogP contribution < -0.4 is 5.32 Å². The lowest BCUT2D eigenvalue weighted by Crippen LogP contribution is -2.51. The van der Waals surface area contributed by atoms with Crippen molar-refractivity contribution >= 4 is 18.3 Å². The Morgan fingerprint density at radius 1 is 1.33 bits per heavy atom. The molecule has 0 unspecified atom stereocenters. The molecule has 100 valence electrons. The van der Waals surface area contributed by atoms with Crippen LogP contribution in [0, 0.1) is 13.8 Å². The number of hydrogen-bond acceptors (Lipinski definition) is 2. The number of hydrogen-bond donors (Lipinski definition) is 1. The van der Waals surface area contributed by atoms with Gasteiger partial charge in [0.1, 0.15) is 0 Å². The molecule has 1 atom stereocenters. The minimum absolute atomic E-state index is 0. The fourth-order valence-electron chi connectivity index (χ4n) is 2.43. The molecule has 18 heavy (non-hydrogen) atoms. The standard InChI is InChI=1S/C14H20N2O.ClH/c1-10-5-4-6-11(2)13(10)14(17)16-8-7-15-12(3)9-16;/h4-6,12,15H,7-9H2,1-3H3;1H/t12-;/m0./s1. The van der Waals surface area contributed by atoms with Gasteiger partial charge >= 0.3 is 0 Å². The minimum atomic E-state index is 0. The third-order valence-corrected chi connectivity index (χ3v) is 3.35. The van der Waals surface area contributed by atoms with E-state index in [2.05, 4.69) is 12.2 Å². The van der Waals surface area contributed by atoms with Crippen molar-refractivity contribution in [3.8, 4) is 0 Å². The molecule has 0 spiro atoms. The van der Waals surface area contributed by atoms with Gasteiger partial charge in [0, 0.05) is 31.2 Å². The largest absolute Gasteiger partial charge is 0.336 e. The smallest absolute Gasteiger partial charge is 0.254 e. The Morgan fingerprint density at radius 2 is 1.94 bits per heavy atom. The molecule has 0 saturated carbocycles. The van der Waals surface area contributed by atoms with Gasteiger partial charge in [0.15, 0.2) is 0 Å². The SMILES string of the molecule is Cc1cccc(C)c1C(=O)N1CCN[C@@H](C)C1.Cl. The summed E-state index contributed by atoms with van der Waals surface area (Å²) in [5, 5.41) is 3.35. The zero-order chi connectivity index (χ0) is 12.4. The first-order chi connectivity index (χ1) is 8.09. The fourth-order valence-corrected chi connectivity index (χ4v) is 2.43. The van der Waals surface area contributed by atoms with E-state index < -0.39 is 0 Å². The minimum Gasteiger partial charge on any atom is -0.336 e. The van der Waals surface area contributed by atoms with Crippen molar-refractivity contribution in [3.05, 3.63) is 34.9 Å². The number of nitrogens with one attached hydrogen (secondary N) is 1. The van der Waals surface area contributed by atoms with E-state index in [1.807, 2.05) is 36.9 Å². The van der Waals surface area contributed by atoms with E-state index in [1.165, 1.54) is 0 Å². The van der Waals surface area contributed by atoms with Gasteiger partial charge < -0.3 is 10.2 Å². The van der Waals surface area contributed by atoms with Crippen molar-refractivity contribution in [2.75, 3.05) is 19.6 Å². The second-order valence-corrected chi connectivity index (χ2v) is 4.87. The molecule has 1 N–H and O–H groups in total. The van der Waals surface area contributed by atoms with E-state index in [1.54, 1.807) is 0 Å². The molecule has 1 aliphatic rings. The van der Waals surface area contributed by atoms with Crippen molar-refractivity contribution in [1.82, 2.24) is 10.2 Å². The van der Waals surface area contributed by atoms with E-state index in [9.17, 15) is 4.79 Å². The Labute approximate surface area is 115 Å². The average molecular weight is 269 g/mol. The molecule has 4 heteroatoms. The summed E-state index contributed by atoms with van der Waals surface area (Å²) in [5.41, 5.74) is 3.02. The lowest BCUT2D eigenvalue weighted by atomic mass is 10.0. The first-order valence-corrected chi connectivity index (χ1v) is 6.18. The highest BCUT2D eigenvalue weighted by Gasteiger charge is 2.23. The third-order valence-electron chi connectivity index (χ3n) is 3.35. The Hall–Kier alpha value is -1.06. The first kappa shape index (κ1) is 15.0. The van der Waals surface area contributed by atoms with Gasteiger partial charge in [-0.15, -0.1) is 12.4 Å². The van der Waals surface area contributed by atoms with Crippen LogP contribution in [0.3, 0.4) is 0 Å². The normalized spacial score (nSPS) is 19.3. The van der Waals surface area contributed by atoms with Crippen molar-refractivity contribution in [1.29, 1.82) is 0 Å². The summed E-state index contributed by atoms with van der Waals surface area (Å²) in [6.07, 6.45) is 0. The maximum atomic E-state index is 12.5. The van der Waals surface area contributed by atoms with Crippen molar-refractivity contribution in [2.24, 2.45) is 0 Å². The van der Waals surface area contributed by atoms with Gasteiger partial charge in [-0.05, 0) is 31.9 Å². The second kappa shape index (κ2) is 6.21. The van der Waals surface area contributed by atoms with Crippen LogP contribution in [0.4, 0.5) is 0 Å². The second-order valence-electron chi connectivity index (χ2n) is 4.87. The van der Waals surface area contributed by atoms with Crippen LogP contribution in [0.25, 0.3) is 0 Å². The van der Waals surface area contributed by atoms with Crippen molar-refractivity contribution in [2.45, 2.75) is 26.8 Å². The van der Waals surface area contributed by atoms with Crippen LogP contribution in [0.2, 0.25) is 0 Å². The number of piperazine rings is 1. The van der Waals surface area contributed by atoms with Gasteiger partial charge in [0.25, 0.3) is 5.91 Å². The topological polar surface area (TPSA) is 32.3 Å². The fraction of sp³-hybridized carbons (Fsp3) is 0.500. The number of rotatable bonds is 1. The van der Waals surface area contributed by atoms with E-state index in [4.69, 9.17) is 0 Å². The molecule has 2 rings (SSSR count). The number of aryl methyl sites for hydroxylation is 2. The van der Waals surface area contributed by atoms with Gasteiger partial charge in [0.05, 0.1) is 0 Å². The quantitative estimate of drug-likeness (QED) is 0.847. The summed E-state index contributed by atoms with van der Waals surface area (Å²) in [6.45, 7) is 8.61. The van der Waals surface area contributed by atoms with E-state index >= 15 is 0 Å². The highest BCUT2D eigenvalue weighted by atomic mass is 35.5. The van der Waals surface area contributed by atoms with Crippen LogP contribution in [0.15, 0.2) is 18.2 Å². The Kier molecular flexibility index (Phi) is 5.17. The molecule has 3 nitrogen and oxygen atoms in total. The molecule has 0 bridgehead atoms. The van der Waals surface area contributed by atoms with Gasteiger partial charge in [-0.1, -0.05) is 18.2 Å². The molecule has 1 aliphatic heterocycles. The highest BCUT2D eigenvalue weighted by Crippen LogP contribution is 2.16. The highest BCUT2D eigenvalue weighted by molar-refractivity contribution is 5.97. The molecule has 1 fully saturated rings. The van der Waals surface area contributed by atoms with E-state index in [-0.39, 0.29) is 18.3 Å². The molecule has 0 aliphatic carbocycles. The first-order valence-electron chi connectivity index (χ1n) is 6.18. The van der Waals surface area contributed by atoms with Crippen LogP contribution >= 0.6 is 12.4 Å². The Bertz CT molecular complexity index is 414. The number of benzene rings is 1. The van der Waals surface area contributed by atoms with Gasteiger partial charge in [-0.2, -0.15) is 0 Å². The third kappa shape index (κ3) is 3.03. The monoisotopic (exact) mass is 268 g/mol. The zero-order valence-electron chi connectivity index (χ0n) is 11.2. The molecule has 1 aromatic carbocycles. The molecule has 1 saturated heterocycles. The van der Waals surface area contributed by atoms with Crippen molar-refractivity contribution < 1.29 is 4.79 Å². The zero-order valence-corrected chi connectivity index (χ0v) is 12.0. The molecule has 1 amide bonds. The van der Waals surface area contributed by atoms with Crippen LogP contribution in [0.1, 0.15) is 28.4 Å². The summed E-state index contributed by atoms with van der Waals surface area (Å²) >= 11 is 0. The summed E-state index contributed by atoms with van der Waals surface area (Å²) in [4.78, 5) is 14.4. The molecule has 0 radical (unpaired) electrons. The number of carbonyl (C=O) groups is 1. The van der Waals surface area contributed by atoms with Crippen LogP contribution in [0.5, 0.6) is 0 Å². The van der Waals surface area contributed by atoms with E-state index in [0.717, 1.165) is 36.3 Å². The molecular formula is C14H21ClN2O. The summed E-state index contributed by atoms with van der Waals surface area (Å²) < 4.78 is 0. The van der Waals surface area contributed by atoms with Gasteiger partial charge in [-0.25, -0.2) is 0 Å². The summed E-state index contributed by atoms with van der Waals surface area (Å²) in [5.74, 6) is 0.175. The number of halogens is 1. The van der Waals surface area contributed by atoms with Gasteiger partial charge in [0.2, 0.25) is 0 Å². The predicted octanol–water partition coefficient (Wildman–Crippen LogP) is 2.16. The summed E-state index contributed by atoms with van der Waals surface area (Å²) in [6, 6.07) is 6.40. The average Bonchev–Trinajstić information content (AvgIpc) is 2.28. The maximum Gasteiger partial charge on any atom is 0.254 e. The van der Waals surface area contributed by atoms with E-state index in [0.29, 0.717) is 6.04 Å².